The number of nitrogen functional groups attached to an aromatic ring is 1. The Bertz CT molecular complexity index is 594. The lowest BCUT2D eigenvalue weighted by molar-refractivity contribution is 0.0741. The lowest BCUT2D eigenvalue weighted by Crippen LogP contribution is -2.15. The largest absolute Gasteiger partial charge is 0.376 e. The molecule has 3 N–H and O–H groups in total. The number of pyridine rings is 1. The highest BCUT2D eigenvalue weighted by atomic mass is 16.5. The maximum absolute atomic E-state index is 5.92. The highest BCUT2D eigenvalue weighted by Gasteiger charge is 2.14. The summed E-state index contributed by atoms with van der Waals surface area (Å²) >= 11 is 0. The van der Waals surface area contributed by atoms with Gasteiger partial charge in [0.1, 0.15) is 5.82 Å². The normalized spacial score (nSPS) is 16.2. The van der Waals surface area contributed by atoms with Crippen LogP contribution in [-0.2, 0) is 11.3 Å². The van der Waals surface area contributed by atoms with Gasteiger partial charge in [-0.25, -0.2) is 10.8 Å². The summed E-state index contributed by atoms with van der Waals surface area (Å²) < 4.78 is 5.92. The van der Waals surface area contributed by atoms with Crippen molar-refractivity contribution in [2.45, 2.75) is 38.7 Å². The summed E-state index contributed by atoms with van der Waals surface area (Å²) in [5, 5.41) is 1.12. The van der Waals surface area contributed by atoms with Crippen LogP contribution in [0.25, 0.3) is 10.9 Å². The van der Waals surface area contributed by atoms with E-state index in [1.165, 1.54) is 32.1 Å². The van der Waals surface area contributed by atoms with Gasteiger partial charge in [-0.05, 0) is 30.9 Å². The van der Waals surface area contributed by atoms with Crippen molar-refractivity contribution in [3.05, 3.63) is 35.9 Å². The number of fused-ring (bicyclic) bond motifs is 1. The number of nitrogens with zero attached hydrogens (tertiary/aromatic N) is 1. The van der Waals surface area contributed by atoms with E-state index in [0.717, 1.165) is 29.0 Å². The number of benzene rings is 1. The Kier molecular flexibility index (Phi) is 4.68. The number of hydrazine groups is 1. The van der Waals surface area contributed by atoms with Crippen LogP contribution in [0.2, 0.25) is 0 Å². The summed E-state index contributed by atoms with van der Waals surface area (Å²) in [5.41, 5.74) is 4.65. The van der Waals surface area contributed by atoms with E-state index in [-0.39, 0.29) is 0 Å². The molecule has 1 heterocycles. The third-order valence-electron chi connectivity index (χ3n) is 4.28. The van der Waals surface area contributed by atoms with Gasteiger partial charge in [-0.3, -0.25) is 0 Å². The molecule has 0 spiro atoms. The second-order valence-electron chi connectivity index (χ2n) is 5.85. The highest BCUT2D eigenvalue weighted by Crippen LogP contribution is 2.25. The summed E-state index contributed by atoms with van der Waals surface area (Å²) in [6, 6.07) is 10.2. The fraction of sp³-hybridized carbons (Fsp3) is 0.471. The Morgan fingerprint density at radius 2 is 2.00 bits per heavy atom. The first kappa shape index (κ1) is 14.3. The summed E-state index contributed by atoms with van der Waals surface area (Å²) in [7, 11) is 0. The molecule has 0 aliphatic heterocycles. The molecule has 1 saturated carbocycles. The third kappa shape index (κ3) is 3.52. The molecule has 21 heavy (non-hydrogen) atoms. The van der Waals surface area contributed by atoms with Crippen molar-refractivity contribution in [2.24, 2.45) is 11.8 Å². The second-order valence-corrected chi connectivity index (χ2v) is 5.85. The van der Waals surface area contributed by atoms with Crippen molar-refractivity contribution in [2.75, 3.05) is 12.0 Å². The number of hydrogen-bond acceptors (Lipinski definition) is 4. The van der Waals surface area contributed by atoms with E-state index in [1.807, 2.05) is 18.2 Å². The van der Waals surface area contributed by atoms with E-state index in [2.05, 4.69) is 22.5 Å². The van der Waals surface area contributed by atoms with Crippen LogP contribution in [0.4, 0.5) is 5.82 Å². The molecule has 0 atom stereocenters. The number of ether oxygens (including phenoxy) is 1. The molecule has 3 rings (SSSR count). The minimum atomic E-state index is 0.563. The lowest BCUT2D eigenvalue weighted by Gasteiger charge is -2.21. The topological polar surface area (TPSA) is 60.2 Å². The third-order valence-corrected chi connectivity index (χ3v) is 4.28. The summed E-state index contributed by atoms with van der Waals surface area (Å²) in [5.74, 6) is 7.02. The number of anilines is 1. The monoisotopic (exact) mass is 285 g/mol. The Balaban J connectivity index is 1.67. The standard InChI is InChI=1S/C17H23N3O/c18-20-17-15(10-14-8-4-5-9-16(14)19-17)12-21-11-13-6-2-1-3-7-13/h4-5,8-10,13H,1-3,6-7,11-12,18H2,(H,19,20). The quantitative estimate of drug-likeness (QED) is 0.650. The molecule has 1 aliphatic carbocycles. The van der Waals surface area contributed by atoms with E-state index in [1.54, 1.807) is 0 Å². The van der Waals surface area contributed by atoms with Gasteiger partial charge in [0.15, 0.2) is 0 Å². The van der Waals surface area contributed by atoms with Gasteiger partial charge in [0.25, 0.3) is 0 Å². The molecule has 0 bridgehead atoms. The van der Waals surface area contributed by atoms with Gasteiger partial charge >= 0.3 is 0 Å². The maximum Gasteiger partial charge on any atom is 0.146 e. The predicted octanol–water partition coefficient (Wildman–Crippen LogP) is 3.62. The molecular formula is C17H23N3O. The predicted molar refractivity (Wildman–Crippen MR) is 85.8 cm³/mol. The average Bonchev–Trinajstić information content (AvgIpc) is 2.55. The van der Waals surface area contributed by atoms with Gasteiger partial charge in [-0.1, -0.05) is 37.5 Å². The van der Waals surface area contributed by atoms with Crippen molar-refractivity contribution < 1.29 is 4.74 Å². The van der Waals surface area contributed by atoms with Gasteiger partial charge in [0, 0.05) is 17.6 Å². The fourth-order valence-electron chi connectivity index (χ4n) is 3.08. The van der Waals surface area contributed by atoms with Crippen LogP contribution in [0, 0.1) is 5.92 Å². The van der Waals surface area contributed by atoms with Gasteiger partial charge in [-0.2, -0.15) is 0 Å². The van der Waals surface area contributed by atoms with Gasteiger partial charge < -0.3 is 10.2 Å². The van der Waals surface area contributed by atoms with E-state index in [9.17, 15) is 0 Å². The lowest BCUT2D eigenvalue weighted by atomic mass is 9.90. The SMILES string of the molecule is NNc1nc2ccccc2cc1COCC1CCCCC1. The average molecular weight is 285 g/mol. The molecule has 0 amide bonds. The first-order chi connectivity index (χ1) is 10.4. The zero-order chi connectivity index (χ0) is 14.5. The van der Waals surface area contributed by atoms with E-state index >= 15 is 0 Å². The molecule has 2 aromatic rings. The molecule has 4 nitrogen and oxygen atoms in total. The Morgan fingerprint density at radius 1 is 1.19 bits per heavy atom. The molecule has 1 fully saturated rings. The highest BCUT2D eigenvalue weighted by molar-refractivity contribution is 5.81. The maximum atomic E-state index is 5.92. The summed E-state index contributed by atoms with van der Waals surface area (Å²) in [6.07, 6.45) is 6.69. The zero-order valence-electron chi connectivity index (χ0n) is 12.3. The van der Waals surface area contributed by atoms with Crippen LogP contribution >= 0.6 is 0 Å². The number of hydrogen-bond donors (Lipinski definition) is 2. The minimum absolute atomic E-state index is 0.563. The number of nitrogens with two attached hydrogens (primary N) is 1. The molecule has 1 aromatic carbocycles. The van der Waals surface area contributed by atoms with Gasteiger partial charge in [0.05, 0.1) is 12.1 Å². The second kappa shape index (κ2) is 6.87. The van der Waals surface area contributed by atoms with Crippen molar-refractivity contribution in [1.29, 1.82) is 0 Å². The van der Waals surface area contributed by atoms with E-state index in [0.29, 0.717) is 12.4 Å². The van der Waals surface area contributed by atoms with Crippen LogP contribution in [0.15, 0.2) is 30.3 Å². The number of para-hydroxylation sites is 1. The van der Waals surface area contributed by atoms with E-state index in [4.69, 9.17) is 10.6 Å². The van der Waals surface area contributed by atoms with Crippen LogP contribution in [-0.4, -0.2) is 11.6 Å². The Hall–Kier alpha value is -1.65. The molecule has 0 radical (unpaired) electrons. The zero-order valence-corrected chi connectivity index (χ0v) is 12.3. The van der Waals surface area contributed by atoms with Crippen LogP contribution < -0.4 is 11.3 Å². The Morgan fingerprint density at radius 3 is 2.81 bits per heavy atom. The molecule has 1 aromatic heterocycles. The van der Waals surface area contributed by atoms with Crippen LogP contribution in [0.5, 0.6) is 0 Å². The van der Waals surface area contributed by atoms with Crippen molar-refractivity contribution in [3.8, 4) is 0 Å². The van der Waals surface area contributed by atoms with Gasteiger partial charge in [0.2, 0.25) is 0 Å². The first-order valence-corrected chi connectivity index (χ1v) is 7.80. The fourth-order valence-corrected chi connectivity index (χ4v) is 3.08. The van der Waals surface area contributed by atoms with E-state index < -0.39 is 0 Å². The first-order valence-electron chi connectivity index (χ1n) is 7.80. The molecule has 0 saturated heterocycles. The molecule has 1 aliphatic rings. The van der Waals surface area contributed by atoms with Crippen LogP contribution in [0.3, 0.4) is 0 Å². The Labute approximate surface area is 125 Å². The van der Waals surface area contributed by atoms with Crippen molar-refractivity contribution >= 4 is 16.7 Å². The number of nitrogens with one attached hydrogen (secondary N) is 1. The minimum Gasteiger partial charge on any atom is -0.376 e. The van der Waals surface area contributed by atoms with Crippen molar-refractivity contribution in [3.63, 3.8) is 0 Å². The van der Waals surface area contributed by atoms with Gasteiger partial charge in [-0.15, -0.1) is 0 Å². The molecule has 112 valence electrons. The molecule has 4 heteroatoms. The van der Waals surface area contributed by atoms with Crippen molar-refractivity contribution in [1.82, 2.24) is 4.98 Å². The number of aromatic nitrogens is 1. The summed E-state index contributed by atoms with van der Waals surface area (Å²) in [4.78, 5) is 4.54. The summed E-state index contributed by atoms with van der Waals surface area (Å²) in [6.45, 7) is 1.41. The smallest absolute Gasteiger partial charge is 0.146 e. The molecule has 0 unspecified atom stereocenters. The molecular weight excluding hydrogens is 262 g/mol. The van der Waals surface area contributed by atoms with Crippen LogP contribution in [0.1, 0.15) is 37.7 Å². The number of rotatable bonds is 5.